The molecule has 0 unspecified atom stereocenters. The number of halogens is 2. The van der Waals surface area contributed by atoms with E-state index in [9.17, 15) is 4.79 Å². The number of hydrogen-bond acceptors (Lipinski definition) is 5. The van der Waals surface area contributed by atoms with Gasteiger partial charge in [0.05, 0.1) is 24.7 Å². The number of para-hydroxylation sites is 1. The van der Waals surface area contributed by atoms with Crippen LogP contribution in [0.2, 0.25) is 0 Å². The molecule has 0 N–H and O–H groups in total. The molecule has 0 radical (unpaired) electrons. The number of ether oxygens (including phenoxy) is 1. The molecule has 0 bridgehead atoms. The number of benzene rings is 3. The van der Waals surface area contributed by atoms with Gasteiger partial charge in [0.2, 0.25) is 5.91 Å². The number of piperidine rings is 1. The maximum atomic E-state index is 14.6. The van der Waals surface area contributed by atoms with Crippen molar-refractivity contribution in [3.63, 3.8) is 0 Å². The van der Waals surface area contributed by atoms with Gasteiger partial charge in [0.1, 0.15) is 0 Å². The predicted octanol–water partition coefficient (Wildman–Crippen LogP) is 7.14. The van der Waals surface area contributed by atoms with Crippen LogP contribution in [0.15, 0.2) is 81.7 Å². The van der Waals surface area contributed by atoms with Crippen molar-refractivity contribution in [2.75, 3.05) is 18.0 Å². The normalized spacial score (nSPS) is 29.3. The molecule has 0 aromatic heterocycles. The van der Waals surface area contributed by atoms with Gasteiger partial charge in [-0.15, -0.1) is 0 Å². The van der Waals surface area contributed by atoms with Crippen LogP contribution in [0, 0.1) is 17.8 Å². The molecule has 6 nitrogen and oxygen atoms in total. The monoisotopic (exact) mass is 706 g/mol. The van der Waals surface area contributed by atoms with Crippen molar-refractivity contribution in [1.82, 2.24) is 4.90 Å². The Balaban J connectivity index is 0.00000105. The molecule has 3 aliphatic heterocycles. The van der Waals surface area contributed by atoms with Crippen LogP contribution in [0.5, 0.6) is 0 Å². The number of carbonyl (C=O) groups is 1. The summed E-state index contributed by atoms with van der Waals surface area (Å²) < 4.78 is 8.72. The number of amides is 1. The van der Waals surface area contributed by atoms with Crippen LogP contribution in [0.1, 0.15) is 49.3 Å². The van der Waals surface area contributed by atoms with Crippen LogP contribution in [-0.4, -0.2) is 42.2 Å². The number of anilines is 1. The summed E-state index contributed by atoms with van der Waals surface area (Å²) in [4.78, 5) is 35.6. The minimum absolute atomic E-state index is 0.250. The SMILES string of the molecule is C[C@@H]1[C@H]2C[C@@H]3N(CC[C@@]34C(=O)N(Cc3ccc(Br)cc3)c3ccccc34)C[C@@H]2CC[C@@H]1OCc1ccc(Br)cc1.O=C=O. The summed E-state index contributed by atoms with van der Waals surface area (Å²) in [6.07, 6.45) is 4.87. The van der Waals surface area contributed by atoms with Crippen molar-refractivity contribution < 1.29 is 19.1 Å². The molecule has 4 aliphatic rings. The van der Waals surface area contributed by atoms with Crippen molar-refractivity contribution >= 4 is 49.6 Å². The van der Waals surface area contributed by atoms with E-state index in [0.717, 1.165) is 52.5 Å². The standard InChI is InChI=1S/C34H36Br2N2O2.CO2/c1-22-28-18-32-34(29-4-2-3-5-30(29)38(33(34)39)19-23-6-11-26(35)12-7-23)16-17-37(32)20-25(28)10-15-31(22)40-21-24-8-13-27(36)14-9-24;2-1-3/h2-9,11-14,22,25,28,31-32H,10,15-21H2,1H3;/t22-,25+,28-,31+,32+,34+;/m1./s1. The zero-order valence-electron chi connectivity index (χ0n) is 24.3. The van der Waals surface area contributed by atoms with E-state index in [1.54, 1.807) is 0 Å². The van der Waals surface area contributed by atoms with E-state index < -0.39 is 5.41 Å². The average Bonchev–Trinajstić information content (AvgIpc) is 3.50. The van der Waals surface area contributed by atoms with Crippen molar-refractivity contribution in [3.05, 3.63) is 98.4 Å². The zero-order valence-corrected chi connectivity index (χ0v) is 27.4. The maximum Gasteiger partial charge on any atom is 0.373 e. The van der Waals surface area contributed by atoms with Crippen LogP contribution in [-0.2, 0) is 37.7 Å². The second-order valence-electron chi connectivity index (χ2n) is 12.4. The first-order valence-electron chi connectivity index (χ1n) is 15.1. The van der Waals surface area contributed by atoms with Gasteiger partial charge in [0, 0.05) is 27.2 Å². The first kappa shape index (κ1) is 30.4. The largest absolute Gasteiger partial charge is 0.373 e. The molecular formula is C35H36Br2N2O4. The molecule has 3 aromatic rings. The number of rotatable bonds is 5. The van der Waals surface area contributed by atoms with E-state index in [1.165, 1.54) is 17.5 Å². The average molecular weight is 708 g/mol. The highest BCUT2D eigenvalue weighted by molar-refractivity contribution is 9.10. The Morgan fingerprint density at radius 1 is 0.930 bits per heavy atom. The predicted molar refractivity (Wildman–Crippen MR) is 171 cm³/mol. The lowest BCUT2D eigenvalue weighted by molar-refractivity contribution is -0.191. The minimum Gasteiger partial charge on any atom is -0.373 e. The van der Waals surface area contributed by atoms with E-state index in [1.807, 2.05) is 0 Å². The molecule has 1 saturated carbocycles. The Morgan fingerprint density at radius 3 is 2.28 bits per heavy atom. The summed E-state index contributed by atoms with van der Waals surface area (Å²) in [5, 5.41) is 0. The smallest absolute Gasteiger partial charge is 0.373 e. The quantitative estimate of drug-likeness (QED) is 0.282. The molecule has 7 rings (SSSR count). The fourth-order valence-corrected chi connectivity index (χ4v) is 8.87. The Labute approximate surface area is 270 Å². The van der Waals surface area contributed by atoms with Crippen molar-refractivity contribution in [2.45, 2.75) is 63.3 Å². The van der Waals surface area contributed by atoms with Crippen LogP contribution < -0.4 is 4.90 Å². The number of nitrogens with zero attached hydrogens (tertiary/aromatic N) is 2. The number of fused-ring (bicyclic) bond motifs is 5. The van der Waals surface area contributed by atoms with Crippen LogP contribution in [0.3, 0.4) is 0 Å². The minimum atomic E-state index is -0.443. The topological polar surface area (TPSA) is 66.9 Å². The summed E-state index contributed by atoms with van der Waals surface area (Å²) >= 11 is 7.08. The third kappa shape index (κ3) is 5.69. The van der Waals surface area contributed by atoms with Crippen molar-refractivity contribution in [1.29, 1.82) is 0 Å². The molecule has 3 aromatic carbocycles. The van der Waals surface area contributed by atoms with Gasteiger partial charge >= 0.3 is 6.15 Å². The second-order valence-corrected chi connectivity index (χ2v) is 14.3. The van der Waals surface area contributed by atoms with Gasteiger partial charge < -0.3 is 9.64 Å². The summed E-state index contributed by atoms with van der Waals surface area (Å²) in [5.74, 6) is 2.06. The van der Waals surface area contributed by atoms with Gasteiger partial charge in [0.25, 0.3) is 0 Å². The first-order valence-corrected chi connectivity index (χ1v) is 16.7. The summed E-state index contributed by atoms with van der Waals surface area (Å²) in [7, 11) is 0. The molecule has 3 heterocycles. The van der Waals surface area contributed by atoms with Gasteiger partial charge in [-0.3, -0.25) is 9.69 Å². The highest BCUT2D eigenvalue weighted by Gasteiger charge is 2.62. The van der Waals surface area contributed by atoms with Crippen LogP contribution in [0.4, 0.5) is 5.69 Å². The third-order valence-electron chi connectivity index (χ3n) is 10.4. The Morgan fingerprint density at radius 2 is 1.58 bits per heavy atom. The highest BCUT2D eigenvalue weighted by atomic mass is 79.9. The van der Waals surface area contributed by atoms with Crippen LogP contribution in [0.25, 0.3) is 0 Å². The van der Waals surface area contributed by atoms with Gasteiger partial charge in [0.15, 0.2) is 0 Å². The lowest BCUT2D eigenvalue weighted by Gasteiger charge is -2.51. The molecular weight excluding hydrogens is 672 g/mol. The molecule has 2 saturated heterocycles. The number of carbonyl (C=O) groups excluding carboxylic acids is 3. The fraction of sp³-hybridized carbons (Fsp3) is 0.429. The van der Waals surface area contributed by atoms with Gasteiger partial charge in [-0.05, 0) is 97.0 Å². The van der Waals surface area contributed by atoms with Crippen molar-refractivity contribution in [3.8, 4) is 0 Å². The molecule has 3 fully saturated rings. The van der Waals surface area contributed by atoms with E-state index >= 15 is 0 Å². The van der Waals surface area contributed by atoms with Crippen LogP contribution >= 0.6 is 31.9 Å². The fourth-order valence-electron chi connectivity index (χ4n) is 8.34. The number of hydrogen-bond donors (Lipinski definition) is 0. The molecule has 1 aliphatic carbocycles. The zero-order chi connectivity index (χ0) is 30.1. The van der Waals surface area contributed by atoms with E-state index in [0.29, 0.717) is 36.8 Å². The molecule has 43 heavy (non-hydrogen) atoms. The lowest BCUT2D eigenvalue weighted by atomic mass is 9.62. The van der Waals surface area contributed by atoms with Crippen molar-refractivity contribution in [2.24, 2.45) is 17.8 Å². The Bertz CT molecular complexity index is 1490. The highest BCUT2D eigenvalue weighted by Crippen LogP contribution is 2.56. The summed E-state index contributed by atoms with van der Waals surface area (Å²) in [5.41, 5.74) is 4.29. The second kappa shape index (κ2) is 12.8. The molecule has 6 atom stereocenters. The third-order valence-corrected chi connectivity index (χ3v) is 11.4. The van der Waals surface area contributed by atoms with E-state index in [-0.39, 0.29) is 18.3 Å². The molecule has 1 amide bonds. The molecule has 8 heteroatoms. The summed E-state index contributed by atoms with van der Waals surface area (Å²) in [6, 6.07) is 25.7. The van der Waals surface area contributed by atoms with E-state index in [4.69, 9.17) is 14.3 Å². The van der Waals surface area contributed by atoms with Gasteiger partial charge in [-0.1, -0.05) is 81.2 Å². The molecule has 1 spiro atoms. The lowest BCUT2D eigenvalue weighted by Crippen LogP contribution is -2.57. The maximum absolute atomic E-state index is 14.6. The molecule has 224 valence electrons. The Hall–Kier alpha value is -2.61. The first-order chi connectivity index (χ1) is 20.8. The van der Waals surface area contributed by atoms with Gasteiger partial charge in [-0.25, -0.2) is 0 Å². The Kier molecular flexibility index (Phi) is 9.04. The van der Waals surface area contributed by atoms with Gasteiger partial charge in [-0.2, -0.15) is 9.59 Å². The summed E-state index contributed by atoms with van der Waals surface area (Å²) in [6.45, 7) is 5.81. The van der Waals surface area contributed by atoms with E-state index in [2.05, 4.69) is 121 Å².